The molecule has 0 aliphatic carbocycles. The quantitative estimate of drug-likeness (QED) is 0.423. The van der Waals surface area contributed by atoms with Crippen molar-refractivity contribution >= 4 is 17.8 Å². The van der Waals surface area contributed by atoms with E-state index in [1.807, 2.05) is 30.3 Å². The summed E-state index contributed by atoms with van der Waals surface area (Å²) in [6.07, 6.45) is 3.70. The molecule has 2 bridgehead atoms. The van der Waals surface area contributed by atoms with Crippen LogP contribution >= 0.6 is 0 Å². The van der Waals surface area contributed by atoms with Gasteiger partial charge in [0.2, 0.25) is 11.8 Å². The predicted molar refractivity (Wildman–Crippen MR) is 120 cm³/mol. The minimum absolute atomic E-state index is 0.0107. The van der Waals surface area contributed by atoms with Gasteiger partial charge < -0.3 is 24.4 Å². The third-order valence-corrected chi connectivity index (χ3v) is 6.87. The summed E-state index contributed by atoms with van der Waals surface area (Å²) in [7, 11) is 0. The van der Waals surface area contributed by atoms with Crippen molar-refractivity contribution in [3.8, 4) is 0 Å². The summed E-state index contributed by atoms with van der Waals surface area (Å²) in [6.45, 7) is 7.72. The Bertz CT molecular complexity index is 934. The molecule has 1 spiro atoms. The number of hydrogen-bond acceptors (Lipinski definition) is 6. The molecule has 3 saturated heterocycles. The van der Waals surface area contributed by atoms with E-state index in [2.05, 4.69) is 13.2 Å². The van der Waals surface area contributed by atoms with Crippen molar-refractivity contribution in [3.05, 3.63) is 61.2 Å². The third-order valence-electron chi connectivity index (χ3n) is 6.87. The second kappa shape index (κ2) is 9.49. The highest BCUT2D eigenvalue weighted by atomic mass is 16.6. The number of benzene rings is 1. The van der Waals surface area contributed by atoms with Gasteiger partial charge in [-0.2, -0.15) is 0 Å². The van der Waals surface area contributed by atoms with Crippen LogP contribution in [-0.2, 0) is 30.4 Å². The number of β-amino-alcohol motifs (C(OH)–C–C–N with tert-alkyl or cyclic N) is 1. The highest BCUT2D eigenvalue weighted by molar-refractivity contribution is 5.98. The first kappa shape index (κ1) is 23.2. The van der Waals surface area contributed by atoms with Crippen molar-refractivity contribution in [1.29, 1.82) is 0 Å². The Morgan fingerprint density at radius 1 is 1.27 bits per heavy atom. The summed E-state index contributed by atoms with van der Waals surface area (Å²) in [4.78, 5) is 43.3. The first-order valence-electron chi connectivity index (χ1n) is 11.3. The molecule has 8 heteroatoms. The van der Waals surface area contributed by atoms with Crippen LogP contribution in [-0.4, -0.2) is 76.7 Å². The van der Waals surface area contributed by atoms with Crippen LogP contribution in [0.3, 0.4) is 0 Å². The highest BCUT2D eigenvalue weighted by Gasteiger charge is 2.75. The fourth-order valence-electron chi connectivity index (χ4n) is 5.65. The van der Waals surface area contributed by atoms with E-state index in [9.17, 15) is 19.5 Å². The lowest BCUT2D eigenvalue weighted by molar-refractivity contribution is -0.154. The lowest BCUT2D eigenvalue weighted by Crippen LogP contribution is -2.56. The van der Waals surface area contributed by atoms with E-state index in [1.54, 1.807) is 11.0 Å². The third kappa shape index (κ3) is 3.87. The fraction of sp³-hybridized carbons (Fsp3) is 0.480. The van der Waals surface area contributed by atoms with Gasteiger partial charge in [0.25, 0.3) is 0 Å². The Morgan fingerprint density at radius 3 is 2.70 bits per heavy atom. The lowest BCUT2D eigenvalue weighted by atomic mass is 9.70. The van der Waals surface area contributed by atoms with Gasteiger partial charge >= 0.3 is 5.97 Å². The Morgan fingerprint density at radius 2 is 2.03 bits per heavy atom. The van der Waals surface area contributed by atoms with Crippen molar-refractivity contribution in [2.45, 2.75) is 37.1 Å². The van der Waals surface area contributed by atoms with E-state index in [-0.39, 0.29) is 31.6 Å². The van der Waals surface area contributed by atoms with Crippen molar-refractivity contribution < 1.29 is 29.0 Å². The highest BCUT2D eigenvalue weighted by Crippen LogP contribution is 2.58. The number of rotatable bonds is 10. The zero-order valence-corrected chi connectivity index (χ0v) is 18.6. The van der Waals surface area contributed by atoms with Gasteiger partial charge in [-0.05, 0) is 18.4 Å². The molecule has 0 radical (unpaired) electrons. The summed E-state index contributed by atoms with van der Waals surface area (Å²) in [5, 5.41) is 9.66. The average molecular weight is 455 g/mol. The molecule has 3 heterocycles. The van der Waals surface area contributed by atoms with Crippen molar-refractivity contribution in [2.24, 2.45) is 11.8 Å². The number of aliphatic hydroxyl groups is 1. The molecule has 1 N–H and O–H groups in total. The number of fused-ring (bicyclic) bond motifs is 1. The van der Waals surface area contributed by atoms with Crippen LogP contribution in [0.5, 0.6) is 0 Å². The van der Waals surface area contributed by atoms with Crippen LogP contribution in [0.2, 0.25) is 0 Å². The van der Waals surface area contributed by atoms with Gasteiger partial charge in [0.15, 0.2) is 0 Å². The first-order valence-corrected chi connectivity index (χ1v) is 11.3. The molecule has 1 aromatic rings. The van der Waals surface area contributed by atoms with Crippen LogP contribution in [0.15, 0.2) is 55.6 Å². The second-order valence-electron chi connectivity index (χ2n) is 8.72. The lowest BCUT2D eigenvalue weighted by Gasteiger charge is -2.36. The number of likely N-dealkylation sites (tertiary alicyclic amines) is 1. The first-order chi connectivity index (χ1) is 16.0. The molecule has 176 valence electrons. The van der Waals surface area contributed by atoms with Gasteiger partial charge in [0.05, 0.1) is 24.5 Å². The number of nitrogens with zero attached hydrogens (tertiary/aromatic N) is 2. The summed E-state index contributed by atoms with van der Waals surface area (Å²) < 4.78 is 11.6. The zero-order valence-electron chi connectivity index (χ0n) is 18.6. The molecule has 5 atom stereocenters. The number of amides is 2. The maximum Gasteiger partial charge on any atom is 0.312 e. The van der Waals surface area contributed by atoms with Crippen LogP contribution < -0.4 is 0 Å². The minimum atomic E-state index is -1.11. The molecule has 3 fully saturated rings. The van der Waals surface area contributed by atoms with Crippen molar-refractivity contribution in [2.75, 3.05) is 26.3 Å². The summed E-state index contributed by atoms with van der Waals surface area (Å²) in [5.41, 5.74) is -0.163. The monoisotopic (exact) mass is 454 g/mol. The van der Waals surface area contributed by atoms with Gasteiger partial charge in [-0.1, -0.05) is 49.1 Å². The molecule has 0 aromatic heterocycles. The molecule has 2 unspecified atom stereocenters. The van der Waals surface area contributed by atoms with E-state index in [0.717, 1.165) is 5.56 Å². The Hall–Kier alpha value is -2.97. The predicted octanol–water partition coefficient (Wildman–Crippen LogP) is 1.30. The molecule has 8 nitrogen and oxygen atoms in total. The van der Waals surface area contributed by atoms with E-state index in [0.29, 0.717) is 25.9 Å². The molecule has 3 aliphatic rings. The van der Waals surface area contributed by atoms with Crippen molar-refractivity contribution in [3.63, 3.8) is 0 Å². The van der Waals surface area contributed by atoms with E-state index in [4.69, 9.17) is 9.47 Å². The van der Waals surface area contributed by atoms with Gasteiger partial charge in [-0.25, -0.2) is 0 Å². The standard InChI is InChI=1S/C25H30N2O6/c1-3-12-26(16-17-8-6-5-7-9-17)23(30)21-25-11-10-18(33-25)19(24(31)32-15-4-2)20(25)22(29)27(21)13-14-28/h3-9,18-21,28H,1-2,10-16H2/t18-,19+,20+,21?,25?/m1/s1. The molecule has 3 aliphatic heterocycles. The minimum Gasteiger partial charge on any atom is -0.461 e. The second-order valence-corrected chi connectivity index (χ2v) is 8.72. The molecule has 33 heavy (non-hydrogen) atoms. The maximum atomic E-state index is 13.9. The smallest absolute Gasteiger partial charge is 0.312 e. The summed E-state index contributed by atoms with van der Waals surface area (Å²) >= 11 is 0. The Labute approximate surface area is 193 Å². The molecular weight excluding hydrogens is 424 g/mol. The Balaban J connectivity index is 1.68. The van der Waals surface area contributed by atoms with Crippen LogP contribution in [0.4, 0.5) is 0 Å². The van der Waals surface area contributed by atoms with E-state index < -0.39 is 35.6 Å². The molecule has 0 saturated carbocycles. The van der Waals surface area contributed by atoms with Gasteiger partial charge in [0, 0.05) is 19.6 Å². The zero-order chi connectivity index (χ0) is 23.6. The number of esters is 1. The number of carbonyl (C=O) groups is 3. The number of ether oxygens (including phenoxy) is 2. The van der Waals surface area contributed by atoms with Crippen LogP contribution in [0, 0.1) is 11.8 Å². The average Bonchev–Trinajstić information content (AvgIpc) is 3.45. The van der Waals surface area contributed by atoms with E-state index in [1.165, 1.54) is 11.0 Å². The summed E-state index contributed by atoms with van der Waals surface area (Å²) in [6, 6.07) is 8.64. The number of aliphatic hydroxyl groups excluding tert-OH is 1. The van der Waals surface area contributed by atoms with Crippen LogP contribution in [0.25, 0.3) is 0 Å². The number of carbonyl (C=O) groups excluding carboxylic acids is 3. The van der Waals surface area contributed by atoms with Gasteiger partial charge in [-0.15, -0.1) is 6.58 Å². The molecule has 4 rings (SSSR count). The molecule has 2 amide bonds. The molecule has 1 aromatic carbocycles. The van der Waals surface area contributed by atoms with Crippen LogP contribution in [0.1, 0.15) is 18.4 Å². The maximum absolute atomic E-state index is 13.9. The van der Waals surface area contributed by atoms with Gasteiger partial charge in [-0.3, -0.25) is 14.4 Å². The summed E-state index contributed by atoms with van der Waals surface area (Å²) in [5.74, 6) is -2.71. The fourth-order valence-corrected chi connectivity index (χ4v) is 5.65. The topological polar surface area (TPSA) is 96.4 Å². The SMILES string of the molecule is C=CCOC(=O)[C@@H]1[C@H]2C(=O)N(CCO)C(C(=O)N(CC=C)Cc3ccccc3)C23CC[C@H]1O3. The largest absolute Gasteiger partial charge is 0.461 e. The Kier molecular flexibility index (Phi) is 6.67. The van der Waals surface area contributed by atoms with E-state index >= 15 is 0 Å². The number of hydrogen-bond donors (Lipinski definition) is 1. The van der Waals surface area contributed by atoms with Gasteiger partial charge in [0.1, 0.15) is 18.2 Å². The van der Waals surface area contributed by atoms with Crippen molar-refractivity contribution in [1.82, 2.24) is 9.80 Å². The molecular formula is C25H30N2O6. The normalized spacial score (nSPS) is 29.6.